The van der Waals surface area contributed by atoms with Crippen molar-refractivity contribution < 1.29 is 20.1 Å². The maximum absolute atomic E-state index is 12.2. The van der Waals surface area contributed by atoms with E-state index in [2.05, 4.69) is 32.6 Å². The molecule has 180 valence electrons. The van der Waals surface area contributed by atoms with Gasteiger partial charge < -0.3 is 15.3 Å². The molecule has 0 aromatic heterocycles. The van der Waals surface area contributed by atoms with E-state index >= 15 is 0 Å². The maximum atomic E-state index is 12.2. The van der Waals surface area contributed by atoms with Gasteiger partial charge in [0, 0.05) is 12.3 Å². The lowest BCUT2D eigenvalue weighted by Gasteiger charge is -2.44. The van der Waals surface area contributed by atoms with E-state index in [-0.39, 0.29) is 23.7 Å². The SMILES string of the molecule is C=C1/C(=C\C=C2/CCC[C@]3(C)[C@@H]([C@H](C)CCC(=O)C(C)(C)O)CC[C@@H]23)C[C@H](O)C[C@H]1CO. The molecule has 6 atom stereocenters. The molecule has 0 bridgehead atoms. The molecular weight excluding hydrogens is 400 g/mol. The van der Waals surface area contributed by atoms with Gasteiger partial charge >= 0.3 is 0 Å². The number of ketones is 1. The van der Waals surface area contributed by atoms with Gasteiger partial charge in [0.15, 0.2) is 5.78 Å². The Bertz CT molecular complexity index is 771. The Morgan fingerprint density at radius 2 is 2.03 bits per heavy atom. The van der Waals surface area contributed by atoms with Crippen molar-refractivity contribution in [3.8, 4) is 0 Å². The molecule has 0 radical (unpaired) electrons. The van der Waals surface area contributed by atoms with Crippen LogP contribution in [0.2, 0.25) is 0 Å². The van der Waals surface area contributed by atoms with Crippen LogP contribution >= 0.6 is 0 Å². The molecule has 3 N–H and O–H groups in total. The zero-order valence-corrected chi connectivity index (χ0v) is 20.6. The minimum absolute atomic E-state index is 0.0386. The summed E-state index contributed by atoms with van der Waals surface area (Å²) in [7, 11) is 0. The van der Waals surface area contributed by atoms with Gasteiger partial charge in [0.25, 0.3) is 0 Å². The van der Waals surface area contributed by atoms with Crippen LogP contribution in [0.5, 0.6) is 0 Å². The number of aliphatic hydroxyl groups excluding tert-OH is 2. The number of carbonyl (C=O) groups is 1. The van der Waals surface area contributed by atoms with Crippen LogP contribution < -0.4 is 0 Å². The zero-order valence-electron chi connectivity index (χ0n) is 20.6. The van der Waals surface area contributed by atoms with E-state index in [1.165, 1.54) is 31.3 Å². The Morgan fingerprint density at radius 1 is 1.31 bits per heavy atom. The topological polar surface area (TPSA) is 77.8 Å². The minimum Gasteiger partial charge on any atom is -0.396 e. The predicted molar refractivity (Wildman–Crippen MR) is 129 cm³/mol. The zero-order chi connectivity index (χ0) is 23.7. The summed E-state index contributed by atoms with van der Waals surface area (Å²) in [5.41, 5.74) is 2.60. The van der Waals surface area contributed by atoms with Crippen molar-refractivity contribution in [1.29, 1.82) is 0 Å². The van der Waals surface area contributed by atoms with Crippen LogP contribution in [0.25, 0.3) is 0 Å². The second-order valence-corrected chi connectivity index (χ2v) is 11.5. The number of rotatable bonds is 7. The van der Waals surface area contributed by atoms with Crippen LogP contribution in [0.4, 0.5) is 0 Å². The molecule has 0 spiro atoms. The summed E-state index contributed by atoms with van der Waals surface area (Å²) >= 11 is 0. The third kappa shape index (κ3) is 5.29. The summed E-state index contributed by atoms with van der Waals surface area (Å²) in [6, 6.07) is 0. The first-order valence-electron chi connectivity index (χ1n) is 12.6. The molecule has 0 amide bonds. The Kier molecular flexibility index (Phi) is 7.89. The number of Topliss-reactive ketones (excluding diaryl/α,β-unsaturated/α-hetero) is 1. The van der Waals surface area contributed by atoms with E-state index in [4.69, 9.17) is 0 Å². The average molecular weight is 445 g/mol. The monoisotopic (exact) mass is 444 g/mol. The van der Waals surface area contributed by atoms with Gasteiger partial charge in [0.1, 0.15) is 5.60 Å². The molecule has 0 unspecified atom stereocenters. The van der Waals surface area contributed by atoms with E-state index in [0.717, 1.165) is 24.0 Å². The quantitative estimate of drug-likeness (QED) is 0.509. The molecule has 3 saturated carbocycles. The van der Waals surface area contributed by atoms with E-state index in [1.54, 1.807) is 13.8 Å². The van der Waals surface area contributed by atoms with E-state index in [1.807, 2.05) is 0 Å². The average Bonchev–Trinajstić information content (AvgIpc) is 3.08. The van der Waals surface area contributed by atoms with Crippen molar-refractivity contribution in [2.24, 2.45) is 29.1 Å². The van der Waals surface area contributed by atoms with Crippen molar-refractivity contribution in [3.05, 3.63) is 35.5 Å². The van der Waals surface area contributed by atoms with Crippen molar-refractivity contribution in [2.45, 2.75) is 97.2 Å². The van der Waals surface area contributed by atoms with Crippen LogP contribution in [-0.4, -0.2) is 39.4 Å². The fourth-order valence-electron chi connectivity index (χ4n) is 6.85. The van der Waals surface area contributed by atoms with Crippen molar-refractivity contribution in [1.82, 2.24) is 0 Å². The fourth-order valence-corrected chi connectivity index (χ4v) is 6.85. The molecule has 3 fully saturated rings. The Labute approximate surface area is 194 Å². The van der Waals surface area contributed by atoms with E-state index in [0.29, 0.717) is 37.0 Å². The molecule has 0 saturated heterocycles. The number of hydrogen-bond donors (Lipinski definition) is 3. The van der Waals surface area contributed by atoms with Gasteiger partial charge in [-0.25, -0.2) is 0 Å². The Hall–Kier alpha value is -1.23. The van der Waals surface area contributed by atoms with Gasteiger partial charge in [0.2, 0.25) is 0 Å². The summed E-state index contributed by atoms with van der Waals surface area (Å²) in [6.07, 6.45) is 12.5. The summed E-state index contributed by atoms with van der Waals surface area (Å²) in [4.78, 5) is 12.2. The van der Waals surface area contributed by atoms with Crippen LogP contribution in [0.1, 0.15) is 85.5 Å². The number of hydrogen-bond acceptors (Lipinski definition) is 4. The lowest BCUT2D eigenvalue weighted by Crippen LogP contribution is -2.36. The van der Waals surface area contributed by atoms with E-state index < -0.39 is 11.7 Å². The highest BCUT2D eigenvalue weighted by atomic mass is 16.3. The predicted octanol–water partition coefficient (Wildman–Crippen LogP) is 5.13. The summed E-state index contributed by atoms with van der Waals surface area (Å²) in [5.74, 6) is 1.54. The van der Waals surface area contributed by atoms with Crippen LogP contribution in [0.15, 0.2) is 35.5 Å². The smallest absolute Gasteiger partial charge is 0.163 e. The van der Waals surface area contributed by atoms with Gasteiger partial charge in [-0.3, -0.25) is 4.79 Å². The number of fused-ring (bicyclic) bond motifs is 1. The summed E-state index contributed by atoms with van der Waals surface area (Å²) in [5, 5.41) is 29.8. The van der Waals surface area contributed by atoms with Crippen molar-refractivity contribution in [3.63, 3.8) is 0 Å². The highest BCUT2D eigenvalue weighted by Gasteiger charge is 2.50. The molecule has 0 aromatic carbocycles. The summed E-state index contributed by atoms with van der Waals surface area (Å²) < 4.78 is 0. The molecule has 32 heavy (non-hydrogen) atoms. The maximum Gasteiger partial charge on any atom is 0.163 e. The summed E-state index contributed by atoms with van der Waals surface area (Å²) in [6.45, 7) is 12.2. The van der Waals surface area contributed by atoms with Crippen LogP contribution in [0.3, 0.4) is 0 Å². The largest absolute Gasteiger partial charge is 0.396 e. The van der Waals surface area contributed by atoms with E-state index in [9.17, 15) is 20.1 Å². The third-order valence-corrected chi connectivity index (χ3v) is 8.87. The lowest BCUT2D eigenvalue weighted by atomic mass is 9.60. The van der Waals surface area contributed by atoms with Gasteiger partial charge in [-0.05, 0) is 99.5 Å². The third-order valence-electron chi connectivity index (χ3n) is 8.87. The lowest BCUT2D eigenvalue weighted by molar-refractivity contribution is -0.134. The first-order chi connectivity index (χ1) is 15.0. The second-order valence-electron chi connectivity index (χ2n) is 11.5. The van der Waals surface area contributed by atoms with Gasteiger partial charge in [-0.1, -0.05) is 38.2 Å². The number of aliphatic hydroxyl groups is 3. The minimum atomic E-state index is -1.23. The van der Waals surface area contributed by atoms with Gasteiger partial charge in [0.05, 0.1) is 12.7 Å². The highest BCUT2D eigenvalue weighted by Crippen LogP contribution is 2.60. The normalized spacial score (nSPS) is 37.0. The van der Waals surface area contributed by atoms with Crippen molar-refractivity contribution >= 4 is 5.78 Å². The molecule has 0 aromatic rings. The molecule has 3 rings (SSSR count). The standard InChI is InChI=1S/C28H44O4/c1-18(8-13-26(31)27(3,4)32)24-11-12-25-20(7-6-14-28(24,25)5)9-10-21-15-23(30)16-22(17-29)19(21)2/h9-10,18,22-25,29-30,32H,2,6-8,11-17H2,1,3-5H3/b20-9+,21-10-/t18-,22+,23+,24-,25+,28-/m1/s1. The van der Waals surface area contributed by atoms with Gasteiger partial charge in [-0.2, -0.15) is 0 Å². The molecular formula is C28H44O4. The number of carbonyl (C=O) groups excluding carboxylic acids is 1. The molecule has 0 heterocycles. The highest BCUT2D eigenvalue weighted by molar-refractivity contribution is 5.86. The molecule has 3 aliphatic carbocycles. The molecule has 0 aliphatic heterocycles. The van der Waals surface area contributed by atoms with Crippen molar-refractivity contribution in [2.75, 3.05) is 6.61 Å². The van der Waals surface area contributed by atoms with Crippen LogP contribution in [0, 0.1) is 29.1 Å². The molecule has 4 nitrogen and oxygen atoms in total. The first kappa shape index (κ1) is 25.4. The Morgan fingerprint density at radius 3 is 2.69 bits per heavy atom. The Balaban J connectivity index is 1.72. The number of allylic oxidation sites excluding steroid dienone is 3. The first-order valence-corrected chi connectivity index (χ1v) is 12.6. The van der Waals surface area contributed by atoms with Gasteiger partial charge in [-0.15, -0.1) is 0 Å². The van der Waals surface area contributed by atoms with Crippen LogP contribution in [-0.2, 0) is 4.79 Å². The second kappa shape index (κ2) is 9.95. The molecule has 3 aliphatic rings. The molecule has 4 heteroatoms. The fraction of sp³-hybridized carbons (Fsp3) is 0.750.